The zero-order chi connectivity index (χ0) is 20.8. The van der Waals surface area contributed by atoms with Gasteiger partial charge in [0.25, 0.3) is 11.6 Å². The molecule has 0 spiro atoms. The van der Waals surface area contributed by atoms with Crippen LogP contribution in [0.3, 0.4) is 0 Å². The first kappa shape index (κ1) is 20.6. The summed E-state index contributed by atoms with van der Waals surface area (Å²) in [4.78, 5) is 27.4. The van der Waals surface area contributed by atoms with Gasteiger partial charge in [-0.05, 0) is 49.7 Å². The van der Waals surface area contributed by atoms with Crippen LogP contribution in [0.15, 0.2) is 42.5 Å². The average Bonchev–Trinajstić information content (AvgIpc) is 2.71. The highest BCUT2D eigenvalue weighted by molar-refractivity contribution is 5.95. The molecule has 2 aromatic carbocycles. The Balaban J connectivity index is 1.40. The summed E-state index contributed by atoms with van der Waals surface area (Å²) in [6.07, 6.45) is 0.827. The second-order valence-corrected chi connectivity index (χ2v) is 7.31. The summed E-state index contributed by atoms with van der Waals surface area (Å²) in [6, 6.07) is 12.7. The zero-order valence-corrected chi connectivity index (χ0v) is 16.6. The molecule has 1 saturated heterocycles. The number of anilines is 2. The first-order valence-corrected chi connectivity index (χ1v) is 9.80. The van der Waals surface area contributed by atoms with Crippen molar-refractivity contribution in [1.29, 1.82) is 0 Å². The van der Waals surface area contributed by atoms with Crippen LogP contribution in [0.1, 0.15) is 22.3 Å². The minimum atomic E-state index is -0.581. The van der Waals surface area contributed by atoms with E-state index < -0.39 is 4.92 Å². The molecule has 1 amide bonds. The van der Waals surface area contributed by atoms with Gasteiger partial charge in [0.1, 0.15) is 5.69 Å². The third kappa shape index (κ3) is 5.45. The lowest BCUT2D eigenvalue weighted by molar-refractivity contribution is -0.383. The third-order valence-corrected chi connectivity index (χ3v) is 5.17. The molecule has 154 valence electrons. The largest absolute Gasteiger partial charge is 0.393 e. The number of nitrogens with two attached hydrogens (primary N) is 1. The molecule has 0 aliphatic carbocycles. The number of amides is 1. The van der Waals surface area contributed by atoms with E-state index in [9.17, 15) is 14.9 Å². The van der Waals surface area contributed by atoms with Crippen molar-refractivity contribution in [3.8, 4) is 0 Å². The fourth-order valence-electron chi connectivity index (χ4n) is 3.50. The fourth-order valence-corrected chi connectivity index (χ4v) is 3.50. The van der Waals surface area contributed by atoms with Crippen LogP contribution in [0, 0.1) is 17.0 Å². The van der Waals surface area contributed by atoms with Crippen molar-refractivity contribution in [1.82, 2.24) is 10.2 Å². The van der Waals surface area contributed by atoms with Gasteiger partial charge in [-0.1, -0.05) is 12.1 Å². The summed E-state index contributed by atoms with van der Waals surface area (Å²) in [5, 5.41) is 13.8. The highest BCUT2D eigenvalue weighted by atomic mass is 16.6. The Morgan fingerprint density at radius 3 is 2.62 bits per heavy atom. The summed E-state index contributed by atoms with van der Waals surface area (Å²) in [5.74, 6) is -0.322. The first-order chi connectivity index (χ1) is 13.9. The molecule has 1 aliphatic heterocycles. The summed E-state index contributed by atoms with van der Waals surface area (Å²) in [5.41, 5.74) is 8.16. The Morgan fingerprint density at radius 2 is 1.93 bits per heavy atom. The average molecular weight is 397 g/mol. The number of nitrogen functional groups attached to an aromatic ring is 1. The van der Waals surface area contributed by atoms with Gasteiger partial charge < -0.3 is 16.0 Å². The van der Waals surface area contributed by atoms with E-state index in [4.69, 9.17) is 5.73 Å². The number of nitrogens with zero attached hydrogens (tertiary/aromatic N) is 3. The molecule has 0 unspecified atom stereocenters. The summed E-state index contributed by atoms with van der Waals surface area (Å²) in [6.45, 7) is 7.50. The number of nitro groups is 1. The van der Waals surface area contributed by atoms with Crippen molar-refractivity contribution in [3.63, 3.8) is 0 Å². The maximum atomic E-state index is 12.2. The number of hydrogen-bond acceptors (Lipinski definition) is 6. The van der Waals surface area contributed by atoms with Crippen LogP contribution in [-0.4, -0.2) is 55.0 Å². The molecule has 8 heteroatoms. The van der Waals surface area contributed by atoms with Gasteiger partial charge in [0.05, 0.1) is 4.92 Å². The molecule has 3 rings (SSSR count). The number of aryl methyl sites for hydroxylation is 1. The maximum absolute atomic E-state index is 12.2. The molecule has 0 aromatic heterocycles. The highest BCUT2D eigenvalue weighted by Crippen LogP contribution is 2.22. The number of nitrogens with one attached hydrogen (secondary N) is 1. The van der Waals surface area contributed by atoms with E-state index in [1.165, 1.54) is 29.4 Å². The molecule has 1 fully saturated rings. The Morgan fingerprint density at radius 1 is 1.17 bits per heavy atom. The molecular weight excluding hydrogens is 370 g/mol. The second-order valence-electron chi connectivity index (χ2n) is 7.31. The predicted octanol–water partition coefficient (Wildman–Crippen LogP) is 2.43. The minimum Gasteiger partial charge on any atom is -0.393 e. The van der Waals surface area contributed by atoms with E-state index in [1.807, 2.05) is 0 Å². The van der Waals surface area contributed by atoms with E-state index in [-0.39, 0.29) is 22.8 Å². The van der Waals surface area contributed by atoms with Crippen molar-refractivity contribution < 1.29 is 9.72 Å². The number of carbonyl (C=O) groups is 1. The van der Waals surface area contributed by atoms with Crippen molar-refractivity contribution >= 4 is 23.0 Å². The van der Waals surface area contributed by atoms with Gasteiger partial charge in [0.15, 0.2) is 0 Å². The SMILES string of the molecule is Cc1cccc(N2CCN(CCCNC(=O)c3ccc(N)c([N+](=O)[O-])c3)CC2)c1. The quantitative estimate of drug-likeness (QED) is 0.322. The van der Waals surface area contributed by atoms with E-state index >= 15 is 0 Å². The molecule has 3 N–H and O–H groups in total. The second kappa shape index (κ2) is 9.38. The van der Waals surface area contributed by atoms with Crippen molar-refractivity contribution in [2.24, 2.45) is 0 Å². The van der Waals surface area contributed by atoms with Gasteiger partial charge in [-0.15, -0.1) is 0 Å². The molecule has 0 atom stereocenters. The maximum Gasteiger partial charge on any atom is 0.292 e. The number of rotatable bonds is 7. The molecular formula is C21H27N5O3. The van der Waals surface area contributed by atoms with Crippen molar-refractivity contribution in [2.45, 2.75) is 13.3 Å². The van der Waals surface area contributed by atoms with Crippen LogP contribution in [0.2, 0.25) is 0 Å². The van der Waals surface area contributed by atoms with Crippen LogP contribution in [0.25, 0.3) is 0 Å². The van der Waals surface area contributed by atoms with Gasteiger partial charge in [-0.25, -0.2) is 0 Å². The van der Waals surface area contributed by atoms with Gasteiger partial charge >= 0.3 is 0 Å². The lowest BCUT2D eigenvalue weighted by atomic mass is 10.1. The summed E-state index contributed by atoms with van der Waals surface area (Å²) < 4.78 is 0. The molecule has 1 aliphatic rings. The summed E-state index contributed by atoms with van der Waals surface area (Å²) in [7, 11) is 0. The van der Waals surface area contributed by atoms with Gasteiger partial charge in [-0.3, -0.25) is 19.8 Å². The smallest absolute Gasteiger partial charge is 0.292 e. The van der Waals surface area contributed by atoms with Crippen LogP contribution >= 0.6 is 0 Å². The Hall–Kier alpha value is -3.13. The number of carbonyl (C=O) groups excluding carboxylic acids is 1. The van der Waals surface area contributed by atoms with Crippen LogP contribution < -0.4 is 16.0 Å². The Labute approximate surface area is 170 Å². The number of benzene rings is 2. The Bertz CT molecular complexity index is 878. The van der Waals surface area contributed by atoms with E-state index in [2.05, 4.69) is 46.3 Å². The summed E-state index contributed by atoms with van der Waals surface area (Å²) >= 11 is 0. The molecule has 8 nitrogen and oxygen atoms in total. The topological polar surface area (TPSA) is 105 Å². The van der Waals surface area contributed by atoms with E-state index in [1.54, 1.807) is 0 Å². The molecule has 0 saturated carbocycles. The standard InChI is InChI=1S/C21H27N5O3/c1-16-4-2-5-18(14-16)25-12-10-24(11-13-25)9-3-8-23-21(27)17-6-7-19(22)20(15-17)26(28)29/h2,4-7,14-15H,3,8-13,22H2,1H3,(H,23,27). The first-order valence-electron chi connectivity index (χ1n) is 9.80. The van der Waals surface area contributed by atoms with Crippen LogP contribution in [0.5, 0.6) is 0 Å². The monoisotopic (exact) mass is 397 g/mol. The Kier molecular flexibility index (Phi) is 6.66. The van der Waals surface area contributed by atoms with Crippen molar-refractivity contribution in [3.05, 3.63) is 63.7 Å². The van der Waals surface area contributed by atoms with Gasteiger partial charge in [0, 0.05) is 50.0 Å². The molecule has 2 aromatic rings. The minimum absolute atomic E-state index is 0.0522. The number of piperazine rings is 1. The number of hydrogen-bond donors (Lipinski definition) is 2. The predicted molar refractivity (Wildman–Crippen MR) is 114 cm³/mol. The fraction of sp³-hybridized carbons (Fsp3) is 0.381. The molecule has 0 bridgehead atoms. The third-order valence-electron chi connectivity index (χ3n) is 5.17. The van der Waals surface area contributed by atoms with Crippen LogP contribution in [-0.2, 0) is 0 Å². The lowest BCUT2D eigenvalue weighted by Gasteiger charge is -2.36. The molecule has 29 heavy (non-hydrogen) atoms. The molecule has 1 heterocycles. The lowest BCUT2D eigenvalue weighted by Crippen LogP contribution is -2.47. The van der Waals surface area contributed by atoms with Crippen LogP contribution in [0.4, 0.5) is 17.1 Å². The molecule has 0 radical (unpaired) electrons. The van der Waals surface area contributed by atoms with Gasteiger partial charge in [-0.2, -0.15) is 0 Å². The zero-order valence-electron chi connectivity index (χ0n) is 16.6. The normalized spacial score (nSPS) is 14.6. The highest BCUT2D eigenvalue weighted by Gasteiger charge is 2.18. The van der Waals surface area contributed by atoms with E-state index in [0.717, 1.165) is 39.1 Å². The van der Waals surface area contributed by atoms with Gasteiger partial charge in [0.2, 0.25) is 0 Å². The van der Waals surface area contributed by atoms with Crippen molar-refractivity contribution in [2.75, 3.05) is 49.9 Å². The number of nitro benzene ring substituents is 1. The van der Waals surface area contributed by atoms with E-state index in [0.29, 0.717) is 6.54 Å².